The van der Waals surface area contributed by atoms with Crippen molar-refractivity contribution in [1.29, 1.82) is 0 Å². The third-order valence-corrected chi connectivity index (χ3v) is 5.87. The number of benzene rings is 1. The lowest BCUT2D eigenvalue weighted by Crippen LogP contribution is -2.28. The van der Waals surface area contributed by atoms with E-state index < -0.39 is 17.4 Å². The third kappa shape index (κ3) is 3.73. The number of aromatic nitrogens is 2. The van der Waals surface area contributed by atoms with Crippen molar-refractivity contribution in [3.05, 3.63) is 64.8 Å². The summed E-state index contributed by atoms with van der Waals surface area (Å²) in [7, 11) is 2.10. The molecule has 0 amide bonds. The maximum atomic E-state index is 13.3. The van der Waals surface area contributed by atoms with Crippen molar-refractivity contribution in [3.8, 4) is 11.3 Å². The first-order valence-electron chi connectivity index (χ1n) is 10.4. The molecule has 1 aromatic carbocycles. The Balaban J connectivity index is 1.55. The van der Waals surface area contributed by atoms with Crippen LogP contribution in [-0.4, -0.2) is 47.5 Å². The molecule has 1 fully saturated rings. The topological polar surface area (TPSA) is 54.0 Å². The predicted molar refractivity (Wildman–Crippen MR) is 116 cm³/mol. The lowest BCUT2D eigenvalue weighted by atomic mass is 10.1. The van der Waals surface area contributed by atoms with Crippen molar-refractivity contribution in [1.82, 2.24) is 14.3 Å². The fourth-order valence-electron chi connectivity index (χ4n) is 4.14. The van der Waals surface area contributed by atoms with E-state index in [0.29, 0.717) is 11.0 Å². The highest BCUT2D eigenvalue weighted by Gasteiger charge is 2.34. The molecule has 0 bridgehead atoms. The Hall–Kier alpha value is -3.33. The van der Waals surface area contributed by atoms with Crippen LogP contribution in [-0.2, 0) is 6.18 Å². The molecule has 4 heterocycles. The van der Waals surface area contributed by atoms with E-state index in [4.69, 9.17) is 4.42 Å². The standard InChI is InChI=1S/C23H21F3N4O2/c1-28-7-3-9-29(11-10-28)16-6-5-15-12-17(22(31)32-20(15)13-16)19-14-30-8-2-4-18(21(30)27-19)23(24,25)26/h2,4-6,8,12-14H,3,7,9-11H2,1H3. The van der Waals surface area contributed by atoms with Crippen LogP contribution in [0.2, 0.25) is 0 Å². The fraction of sp³-hybridized carbons (Fsp3) is 0.304. The quantitative estimate of drug-likeness (QED) is 0.434. The summed E-state index contributed by atoms with van der Waals surface area (Å²) in [5.41, 5.74) is -0.0716. The van der Waals surface area contributed by atoms with Gasteiger partial charge in [0.15, 0.2) is 0 Å². The van der Waals surface area contributed by atoms with Gasteiger partial charge in [-0.3, -0.25) is 0 Å². The van der Waals surface area contributed by atoms with Crippen molar-refractivity contribution >= 4 is 22.3 Å². The van der Waals surface area contributed by atoms with E-state index >= 15 is 0 Å². The molecule has 0 radical (unpaired) electrons. The molecule has 166 valence electrons. The maximum absolute atomic E-state index is 13.3. The molecule has 32 heavy (non-hydrogen) atoms. The first-order chi connectivity index (χ1) is 15.3. The van der Waals surface area contributed by atoms with E-state index in [-0.39, 0.29) is 16.9 Å². The molecule has 5 rings (SSSR count). The molecule has 0 atom stereocenters. The molecule has 9 heteroatoms. The maximum Gasteiger partial charge on any atom is 0.419 e. The van der Waals surface area contributed by atoms with Gasteiger partial charge < -0.3 is 18.6 Å². The molecular weight excluding hydrogens is 421 g/mol. The van der Waals surface area contributed by atoms with Gasteiger partial charge in [0, 0.05) is 49.2 Å². The van der Waals surface area contributed by atoms with Gasteiger partial charge in [0.2, 0.25) is 0 Å². The van der Waals surface area contributed by atoms with E-state index in [9.17, 15) is 18.0 Å². The van der Waals surface area contributed by atoms with Gasteiger partial charge in [-0.1, -0.05) is 0 Å². The molecule has 0 spiro atoms. The number of hydrogen-bond acceptors (Lipinski definition) is 5. The monoisotopic (exact) mass is 442 g/mol. The molecule has 1 saturated heterocycles. The molecule has 3 aromatic heterocycles. The summed E-state index contributed by atoms with van der Waals surface area (Å²) in [5.74, 6) is 0. The Labute approximate surface area is 181 Å². The van der Waals surface area contributed by atoms with Crippen LogP contribution in [0.25, 0.3) is 27.9 Å². The van der Waals surface area contributed by atoms with E-state index in [1.54, 1.807) is 6.07 Å². The SMILES string of the molecule is CN1CCCN(c2ccc3cc(-c4cn5cccc(C(F)(F)F)c5n4)c(=O)oc3c2)CC1. The van der Waals surface area contributed by atoms with Crippen molar-refractivity contribution in [2.75, 3.05) is 38.1 Å². The van der Waals surface area contributed by atoms with Crippen LogP contribution in [0.5, 0.6) is 0 Å². The van der Waals surface area contributed by atoms with Gasteiger partial charge in [-0.15, -0.1) is 0 Å². The van der Waals surface area contributed by atoms with Crippen LogP contribution in [0.4, 0.5) is 18.9 Å². The smallest absolute Gasteiger partial charge is 0.419 e. The normalized spacial score (nSPS) is 16.1. The third-order valence-electron chi connectivity index (χ3n) is 5.87. The molecule has 1 aliphatic rings. The van der Waals surface area contributed by atoms with Crippen LogP contribution in [0, 0.1) is 0 Å². The van der Waals surface area contributed by atoms with Gasteiger partial charge in [-0.25, -0.2) is 9.78 Å². The summed E-state index contributed by atoms with van der Waals surface area (Å²) in [4.78, 5) is 21.4. The molecule has 4 aromatic rings. The van der Waals surface area contributed by atoms with Crippen LogP contribution in [0.3, 0.4) is 0 Å². The number of rotatable bonds is 2. The first-order valence-corrected chi connectivity index (χ1v) is 10.4. The Bertz CT molecular complexity index is 1360. The van der Waals surface area contributed by atoms with Gasteiger partial charge in [0.25, 0.3) is 0 Å². The Morgan fingerprint density at radius 1 is 1.06 bits per heavy atom. The average molecular weight is 442 g/mol. The van der Waals surface area contributed by atoms with Crippen LogP contribution < -0.4 is 10.5 Å². The zero-order valence-electron chi connectivity index (χ0n) is 17.4. The number of alkyl halides is 3. The molecule has 0 N–H and O–H groups in total. The highest BCUT2D eigenvalue weighted by Crippen LogP contribution is 2.33. The largest absolute Gasteiger partial charge is 0.422 e. The second-order valence-corrected chi connectivity index (χ2v) is 8.09. The number of anilines is 1. The zero-order chi connectivity index (χ0) is 22.5. The summed E-state index contributed by atoms with van der Waals surface area (Å²) in [6.07, 6.45) is -0.623. The first kappa shape index (κ1) is 20.6. The van der Waals surface area contributed by atoms with E-state index in [1.165, 1.54) is 22.9 Å². The highest BCUT2D eigenvalue weighted by molar-refractivity contribution is 5.84. The number of nitrogens with zero attached hydrogens (tertiary/aromatic N) is 4. The Morgan fingerprint density at radius 2 is 1.91 bits per heavy atom. The summed E-state index contributed by atoms with van der Waals surface area (Å²) in [6, 6.07) is 9.57. The number of imidazole rings is 1. The van der Waals surface area contributed by atoms with Crippen molar-refractivity contribution < 1.29 is 17.6 Å². The van der Waals surface area contributed by atoms with E-state index in [0.717, 1.165) is 44.4 Å². The summed E-state index contributed by atoms with van der Waals surface area (Å²) in [5, 5.41) is 0.684. The van der Waals surface area contributed by atoms with Crippen molar-refractivity contribution in [2.24, 2.45) is 0 Å². The van der Waals surface area contributed by atoms with Crippen LogP contribution in [0.1, 0.15) is 12.0 Å². The van der Waals surface area contributed by atoms with Crippen LogP contribution in [0.15, 0.2) is 58.0 Å². The number of pyridine rings is 1. The van der Waals surface area contributed by atoms with Crippen LogP contribution >= 0.6 is 0 Å². The van der Waals surface area contributed by atoms with Gasteiger partial charge >= 0.3 is 11.8 Å². The summed E-state index contributed by atoms with van der Waals surface area (Å²) >= 11 is 0. The molecule has 0 unspecified atom stereocenters. The van der Waals surface area contributed by atoms with E-state index in [1.807, 2.05) is 18.2 Å². The van der Waals surface area contributed by atoms with Gasteiger partial charge in [0.1, 0.15) is 11.2 Å². The minimum Gasteiger partial charge on any atom is -0.422 e. The lowest BCUT2D eigenvalue weighted by Gasteiger charge is -2.22. The molecule has 0 saturated carbocycles. The van der Waals surface area contributed by atoms with Gasteiger partial charge in [-0.2, -0.15) is 13.2 Å². The fourth-order valence-corrected chi connectivity index (χ4v) is 4.14. The average Bonchev–Trinajstić information content (AvgIpc) is 3.06. The Morgan fingerprint density at radius 3 is 2.72 bits per heavy atom. The lowest BCUT2D eigenvalue weighted by molar-refractivity contribution is -0.136. The predicted octanol–water partition coefficient (Wildman–Crippen LogP) is 4.27. The molecule has 6 nitrogen and oxygen atoms in total. The number of likely N-dealkylation sites (N-methyl/N-ethyl adjacent to an activating group) is 1. The zero-order valence-corrected chi connectivity index (χ0v) is 17.4. The highest BCUT2D eigenvalue weighted by atomic mass is 19.4. The second-order valence-electron chi connectivity index (χ2n) is 8.09. The number of hydrogen-bond donors (Lipinski definition) is 0. The van der Waals surface area contributed by atoms with E-state index in [2.05, 4.69) is 21.8 Å². The Kier molecular flexibility index (Phi) is 4.93. The summed E-state index contributed by atoms with van der Waals surface area (Å²) < 4.78 is 46.8. The molecule has 1 aliphatic heterocycles. The molecular formula is C23H21F3N4O2. The van der Waals surface area contributed by atoms with Crippen molar-refractivity contribution in [3.63, 3.8) is 0 Å². The van der Waals surface area contributed by atoms with Gasteiger partial charge in [-0.05, 0) is 50.3 Å². The number of fused-ring (bicyclic) bond motifs is 2. The summed E-state index contributed by atoms with van der Waals surface area (Å²) in [6.45, 7) is 3.79. The van der Waals surface area contributed by atoms with Gasteiger partial charge in [0.05, 0.1) is 16.8 Å². The molecule has 0 aliphatic carbocycles. The minimum absolute atomic E-state index is 0.124. The second kappa shape index (κ2) is 7.67. The van der Waals surface area contributed by atoms with Crippen molar-refractivity contribution in [2.45, 2.75) is 12.6 Å². The minimum atomic E-state index is -4.54. The number of halogens is 3.